The number of hydrogen-bond acceptors (Lipinski definition) is 7. The van der Waals surface area contributed by atoms with Gasteiger partial charge < -0.3 is 18.9 Å². The van der Waals surface area contributed by atoms with Gasteiger partial charge in [0.1, 0.15) is 31.9 Å². The number of alkyl halides is 1. The normalized spacial score (nSPS) is 30.8. The second kappa shape index (κ2) is 7.94. The summed E-state index contributed by atoms with van der Waals surface area (Å²) < 4.78 is 52.6. The van der Waals surface area contributed by atoms with Crippen molar-refractivity contribution in [2.24, 2.45) is 0 Å². The molecule has 0 saturated carbocycles. The Balaban J connectivity index is 1.66. The minimum atomic E-state index is -3.84. The Bertz CT molecular complexity index is 648. The first-order chi connectivity index (χ1) is 11.5. The molecular formula is C15H19IO7S. The van der Waals surface area contributed by atoms with Crippen molar-refractivity contribution in [2.45, 2.75) is 36.2 Å². The molecule has 0 spiro atoms. The summed E-state index contributed by atoms with van der Waals surface area (Å²) in [6.07, 6.45) is -1.34. The first-order valence-corrected chi connectivity index (χ1v) is 10.4. The topological polar surface area (TPSA) is 80.3 Å². The Kier molecular flexibility index (Phi) is 6.11. The molecule has 2 fully saturated rings. The van der Waals surface area contributed by atoms with Gasteiger partial charge in [0.25, 0.3) is 10.1 Å². The standard InChI is InChI=1S/C15H19IO7S/c1-10-2-4-11(5-3-10)24(17,18)23-7-13-15-14(21-9-20-13)12(6-16)19-8-22-15/h2-5,12-15H,6-9H2,1H3/t12-,13+,14+,15-/m0/s1. The SMILES string of the molecule is Cc1ccc(S(=O)(=O)OC[C@H]2OCO[C@H]3[C@H]2OCO[C@H]3CI)cc1. The summed E-state index contributed by atoms with van der Waals surface area (Å²) in [5, 5.41) is 0. The maximum Gasteiger partial charge on any atom is 0.297 e. The molecule has 24 heavy (non-hydrogen) atoms. The van der Waals surface area contributed by atoms with Gasteiger partial charge in [-0.2, -0.15) is 8.42 Å². The van der Waals surface area contributed by atoms with Crippen molar-refractivity contribution in [1.82, 2.24) is 0 Å². The van der Waals surface area contributed by atoms with E-state index in [2.05, 4.69) is 22.6 Å². The second-order valence-electron chi connectivity index (χ2n) is 5.61. The molecule has 9 heteroatoms. The lowest BCUT2D eigenvalue weighted by molar-refractivity contribution is -0.320. The van der Waals surface area contributed by atoms with Crippen molar-refractivity contribution in [2.75, 3.05) is 24.6 Å². The van der Waals surface area contributed by atoms with Gasteiger partial charge in [-0.25, -0.2) is 0 Å². The van der Waals surface area contributed by atoms with E-state index in [-0.39, 0.29) is 37.3 Å². The van der Waals surface area contributed by atoms with Crippen LogP contribution in [0.4, 0.5) is 0 Å². The summed E-state index contributed by atoms with van der Waals surface area (Å²) in [5.41, 5.74) is 0.977. The zero-order valence-corrected chi connectivity index (χ0v) is 16.1. The maximum absolute atomic E-state index is 12.3. The molecule has 134 valence electrons. The lowest BCUT2D eigenvalue weighted by Gasteiger charge is -2.43. The van der Waals surface area contributed by atoms with E-state index in [9.17, 15) is 8.42 Å². The highest BCUT2D eigenvalue weighted by Crippen LogP contribution is 2.27. The number of aryl methyl sites for hydroxylation is 1. The van der Waals surface area contributed by atoms with Gasteiger partial charge in [0.2, 0.25) is 0 Å². The molecule has 1 aromatic carbocycles. The number of benzene rings is 1. The Morgan fingerprint density at radius 3 is 2.25 bits per heavy atom. The molecule has 0 amide bonds. The van der Waals surface area contributed by atoms with Crippen LogP contribution < -0.4 is 0 Å². The van der Waals surface area contributed by atoms with Crippen molar-refractivity contribution in [3.05, 3.63) is 29.8 Å². The number of halogens is 1. The van der Waals surface area contributed by atoms with E-state index in [1.807, 2.05) is 6.92 Å². The third-order valence-electron chi connectivity index (χ3n) is 3.99. The van der Waals surface area contributed by atoms with Crippen LogP contribution in [-0.4, -0.2) is 57.5 Å². The Labute approximate surface area is 154 Å². The molecule has 3 rings (SSSR count). The molecule has 2 saturated heterocycles. The van der Waals surface area contributed by atoms with Crippen molar-refractivity contribution < 1.29 is 31.5 Å². The molecular weight excluding hydrogens is 451 g/mol. The fourth-order valence-electron chi connectivity index (χ4n) is 2.63. The van der Waals surface area contributed by atoms with Crippen LogP contribution in [0.3, 0.4) is 0 Å². The van der Waals surface area contributed by atoms with Gasteiger partial charge in [-0.1, -0.05) is 40.3 Å². The highest BCUT2D eigenvalue weighted by molar-refractivity contribution is 14.1. The van der Waals surface area contributed by atoms with Crippen molar-refractivity contribution >= 4 is 32.7 Å². The van der Waals surface area contributed by atoms with Crippen LogP contribution in [0.1, 0.15) is 5.56 Å². The highest BCUT2D eigenvalue weighted by atomic mass is 127. The predicted molar refractivity (Wildman–Crippen MR) is 92.4 cm³/mol. The predicted octanol–water partition coefficient (Wildman–Crippen LogP) is 1.62. The van der Waals surface area contributed by atoms with Gasteiger partial charge in [-0.05, 0) is 19.1 Å². The number of fused-ring (bicyclic) bond motifs is 1. The largest absolute Gasteiger partial charge is 0.349 e. The quantitative estimate of drug-likeness (QED) is 0.368. The molecule has 0 unspecified atom stereocenters. The molecule has 0 aliphatic carbocycles. The second-order valence-corrected chi connectivity index (χ2v) is 8.11. The van der Waals surface area contributed by atoms with Crippen LogP contribution in [0.15, 0.2) is 29.2 Å². The third kappa shape index (κ3) is 4.09. The van der Waals surface area contributed by atoms with Gasteiger partial charge in [-0.3, -0.25) is 4.18 Å². The van der Waals surface area contributed by atoms with E-state index in [0.717, 1.165) is 9.99 Å². The molecule has 2 aliphatic rings. The molecule has 2 aliphatic heterocycles. The van der Waals surface area contributed by atoms with Gasteiger partial charge in [0.05, 0.1) is 17.6 Å². The summed E-state index contributed by atoms with van der Waals surface area (Å²) in [5.74, 6) is 0. The summed E-state index contributed by atoms with van der Waals surface area (Å²) in [7, 11) is -3.84. The molecule has 1 aromatic rings. The van der Waals surface area contributed by atoms with Crippen LogP contribution in [0.25, 0.3) is 0 Å². The summed E-state index contributed by atoms with van der Waals surface area (Å²) in [6.45, 7) is 1.94. The minimum Gasteiger partial charge on any atom is -0.349 e. The van der Waals surface area contributed by atoms with E-state index < -0.39 is 22.3 Å². The zero-order valence-electron chi connectivity index (χ0n) is 13.1. The minimum absolute atomic E-state index is 0.0552. The lowest BCUT2D eigenvalue weighted by atomic mass is 10.0. The Morgan fingerprint density at radius 2 is 1.62 bits per heavy atom. The first-order valence-electron chi connectivity index (χ1n) is 7.50. The monoisotopic (exact) mass is 470 g/mol. The zero-order chi connectivity index (χ0) is 17.2. The fraction of sp³-hybridized carbons (Fsp3) is 0.600. The van der Waals surface area contributed by atoms with E-state index in [1.165, 1.54) is 12.1 Å². The van der Waals surface area contributed by atoms with Crippen LogP contribution in [-0.2, 0) is 33.2 Å². The number of rotatable bonds is 5. The van der Waals surface area contributed by atoms with E-state index in [4.69, 9.17) is 23.1 Å². The molecule has 2 heterocycles. The molecule has 7 nitrogen and oxygen atoms in total. The number of hydrogen-bond donors (Lipinski definition) is 0. The average Bonchev–Trinajstić information content (AvgIpc) is 2.59. The molecule has 0 radical (unpaired) electrons. The van der Waals surface area contributed by atoms with Gasteiger partial charge in [0.15, 0.2) is 0 Å². The third-order valence-corrected chi connectivity index (χ3v) is 6.16. The fourth-order valence-corrected chi connectivity index (χ4v) is 4.31. The van der Waals surface area contributed by atoms with Gasteiger partial charge in [-0.15, -0.1) is 0 Å². The molecule has 0 bridgehead atoms. The molecule has 0 N–H and O–H groups in total. The molecule has 0 aromatic heterocycles. The summed E-state index contributed by atoms with van der Waals surface area (Å²) >= 11 is 2.22. The first kappa shape index (κ1) is 18.5. The van der Waals surface area contributed by atoms with Crippen LogP contribution in [0.2, 0.25) is 0 Å². The Morgan fingerprint density at radius 1 is 1.04 bits per heavy atom. The van der Waals surface area contributed by atoms with E-state index in [0.29, 0.717) is 0 Å². The summed E-state index contributed by atoms with van der Waals surface area (Å²) in [4.78, 5) is 0.120. The van der Waals surface area contributed by atoms with Crippen molar-refractivity contribution in [3.8, 4) is 0 Å². The highest BCUT2D eigenvalue weighted by Gasteiger charge is 2.44. The Hall–Kier alpha value is -0.300. The van der Waals surface area contributed by atoms with Crippen LogP contribution in [0.5, 0.6) is 0 Å². The lowest BCUT2D eigenvalue weighted by Crippen LogP contribution is -2.58. The van der Waals surface area contributed by atoms with Gasteiger partial charge in [0, 0.05) is 4.43 Å². The smallest absolute Gasteiger partial charge is 0.297 e. The average molecular weight is 470 g/mol. The maximum atomic E-state index is 12.3. The van der Waals surface area contributed by atoms with Gasteiger partial charge >= 0.3 is 0 Å². The summed E-state index contributed by atoms with van der Waals surface area (Å²) in [6, 6.07) is 6.50. The van der Waals surface area contributed by atoms with E-state index >= 15 is 0 Å². The van der Waals surface area contributed by atoms with Crippen molar-refractivity contribution in [3.63, 3.8) is 0 Å². The molecule has 4 atom stereocenters. The van der Waals surface area contributed by atoms with Crippen LogP contribution >= 0.6 is 22.6 Å². The van der Waals surface area contributed by atoms with Crippen LogP contribution in [0, 0.1) is 6.92 Å². The van der Waals surface area contributed by atoms with Crippen molar-refractivity contribution in [1.29, 1.82) is 0 Å². The number of ether oxygens (including phenoxy) is 4. The van der Waals surface area contributed by atoms with E-state index in [1.54, 1.807) is 12.1 Å².